The van der Waals surface area contributed by atoms with Crippen LogP contribution in [-0.2, 0) is 16.1 Å². The van der Waals surface area contributed by atoms with Gasteiger partial charge in [0.25, 0.3) is 5.95 Å². The topological polar surface area (TPSA) is 127 Å². The number of aliphatic carboxylic acids is 1. The molecule has 2 rings (SSSR count). The van der Waals surface area contributed by atoms with Gasteiger partial charge in [0, 0.05) is 0 Å². The average molecular weight is 212 g/mol. The number of hydrogen-bond donors (Lipinski definition) is 2. The van der Waals surface area contributed by atoms with Crippen molar-refractivity contribution in [2.24, 2.45) is 5.73 Å². The summed E-state index contributed by atoms with van der Waals surface area (Å²) in [6, 6.07) is -0.517. The molecule has 1 aliphatic heterocycles. The van der Waals surface area contributed by atoms with Crippen molar-refractivity contribution < 1.29 is 14.7 Å². The third-order valence-corrected chi connectivity index (χ3v) is 1.92. The Hall–Kier alpha value is -2.03. The minimum absolute atomic E-state index is 0.0861. The van der Waals surface area contributed by atoms with Gasteiger partial charge in [-0.3, -0.25) is 14.5 Å². The van der Waals surface area contributed by atoms with E-state index in [0.29, 0.717) is 6.54 Å². The third-order valence-electron chi connectivity index (χ3n) is 1.92. The number of carbonyl (C=O) groups excluding carboxylic acids is 1. The number of carbonyl (C=O) groups is 2. The molecule has 9 heteroatoms. The van der Waals surface area contributed by atoms with Gasteiger partial charge >= 0.3 is 5.97 Å². The second-order valence-electron chi connectivity index (χ2n) is 3.07. The maximum atomic E-state index is 11.2. The molecule has 0 saturated carbocycles. The molecule has 0 aliphatic carbocycles. The van der Waals surface area contributed by atoms with Gasteiger partial charge in [0.15, 0.2) is 6.54 Å². The van der Waals surface area contributed by atoms with Crippen LogP contribution in [0.15, 0.2) is 0 Å². The number of tetrazole rings is 1. The van der Waals surface area contributed by atoms with Crippen molar-refractivity contribution in [3.63, 3.8) is 0 Å². The predicted octanol–water partition coefficient (Wildman–Crippen LogP) is -2.57. The summed E-state index contributed by atoms with van der Waals surface area (Å²) >= 11 is 0. The normalized spacial score (nSPS) is 20.2. The first-order valence-corrected chi connectivity index (χ1v) is 4.14. The van der Waals surface area contributed by atoms with Crippen LogP contribution in [0.2, 0.25) is 0 Å². The maximum Gasteiger partial charge on any atom is 0.327 e. The Bertz CT molecular complexity index is 415. The van der Waals surface area contributed by atoms with Crippen molar-refractivity contribution in [1.82, 2.24) is 20.2 Å². The first kappa shape index (κ1) is 9.52. The molecule has 1 atom stereocenters. The summed E-state index contributed by atoms with van der Waals surface area (Å²) in [5, 5.41) is 19.2. The van der Waals surface area contributed by atoms with E-state index in [4.69, 9.17) is 10.8 Å². The smallest absolute Gasteiger partial charge is 0.327 e. The molecule has 15 heavy (non-hydrogen) atoms. The van der Waals surface area contributed by atoms with Gasteiger partial charge in [-0.2, -0.15) is 4.80 Å². The lowest BCUT2D eigenvalue weighted by Crippen LogP contribution is -2.61. The van der Waals surface area contributed by atoms with Gasteiger partial charge in [-0.05, 0) is 5.21 Å². The molecule has 0 spiro atoms. The van der Waals surface area contributed by atoms with Gasteiger partial charge in [-0.25, -0.2) is 0 Å². The van der Waals surface area contributed by atoms with Gasteiger partial charge < -0.3 is 10.8 Å². The lowest BCUT2D eigenvalue weighted by Gasteiger charge is -2.32. The second kappa shape index (κ2) is 3.28. The van der Waals surface area contributed by atoms with Crippen molar-refractivity contribution in [2.75, 3.05) is 11.4 Å². The molecular formula is C6H8N6O3. The number of rotatable bonds is 3. The van der Waals surface area contributed by atoms with E-state index < -0.39 is 12.0 Å². The Morgan fingerprint density at radius 2 is 2.40 bits per heavy atom. The fourth-order valence-electron chi connectivity index (χ4n) is 1.16. The molecule has 2 heterocycles. The summed E-state index contributed by atoms with van der Waals surface area (Å²) in [6.07, 6.45) is 0. The number of aromatic nitrogens is 4. The van der Waals surface area contributed by atoms with Crippen molar-refractivity contribution >= 4 is 17.8 Å². The Morgan fingerprint density at radius 3 is 2.93 bits per heavy atom. The molecule has 0 aromatic carbocycles. The monoisotopic (exact) mass is 212 g/mol. The molecule has 80 valence electrons. The lowest BCUT2D eigenvalue weighted by molar-refractivity contribution is -0.138. The standard InChI is InChI=1S/C6H8N6O3/c7-3-1-11(5(3)15)6-8-10-12(9-6)2-4(13)14/h3H,1-2,7H2,(H,13,14)/t3-/m0/s1. The largest absolute Gasteiger partial charge is 0.480 e. The summed E-state index contributed by atoms with van der Waals surface area (Å²) in [6.45, 7) is -0.0569. The minimum atomic E-state index is -1.08. The molecular weight excluding hydrogens is 204 g/mol. The number of anilines is 1. The molecule has 3 N–H and O–H groups in total. The zero-order valence-electron chi connectivity index (χ0n) is 7.57. The number of carboxylic acids is 1. The number of amides is 1. The van der Waals surface area contributed by atoms with E-state index in [1.165, 1.54) is 4.90 Å². The van der Waals surface area contributed by atoms with Crippen LogP contribution in [0, 0.1) is 0 Å². The number of carboxylic acid groups (broad SMARTS) is 1. The molecule has 1 aromatic rings. The van der Waals surface area contributed by atoms with Crippen LogP contribution in [0.1, 0.15) is 0 Å². The minimum Gasteiger partial charge on any atom is -0.480 e. The van der Waals surface area contributed by atoms with Crippen LogP contribution in [0.25, 0.3) is 0 Å². The summed E-state index contributed by atoms with van der Waals surface area (Å²) in [5.74, 6) is -1.28. The summed E-state index contributed by atoms with van der Waals surface area (Å²) in [4.78, 5) is 23.6. The molecule has 1 amide bonds. The van der Waals surface area contributed by atoms with E-state index >= 15 is 0 Å². The van der Waals surface area contributed by atoms with Gasteiger partial charge in [0.1, 0.15) is 6.04 Å². The van der Waals surface area contributed by atoms with Gasteiger partial charge in [0.2, 0.25) is 5.91 Å². The van der Waals surface area contributed by atoms with Crippen LogP contribution in [0.5, 0.6) is 0 Å². The first-order chi connectivity index (χ1) is 7.08. The van der Waals surface area contributed by atoms with E-state index in [1.54, 1.807) is 0 Å². The van der Waals surface area contributed by atoms with Crippen LogP contribution in [0.3, 0.4) is 0 Å². The van der Waals surface area contributed by atoms with Crippen molar-refractivity contribution in [3.05, 3.63) is 0 Å². The average Bonchev–Trinajstić information content (AvgIpc) is 2.60. The number of nitrogens with zero attached hydrogens (tertiary/aromatic N) is 5. The number of nitrogens with two attached hydrogens (primary N) is 1. The Morgan fingerprint density at radius 1 is 1.67 bits per heavy atom. The summed E-state index contributed by atoms with van der Waals surface area (Å²) in [5.41, 5.74) is 5.37. The fraction of sp³-hybridized carbons (Fsp3) is 0.500. The van der Waals surface area contributed by atoms with E-state index in [1.807, 2.05) is 0 Å². The van der Waals surface area contributed by atoms with Crippen molar-refractivity contribution in [2.45, 2.75) is 12.6 Å². The SMILES string of the molecule is N[C@H]1CN(c2nnn(CC(=O)O)n2)C1=O. The van der Waals surface area contributed by atoms with Crippen LogP contribution < -0.4 is 10.6 Å². The Kier molecular flexibility index (Phi) is 2.08. The number of hydrogen-bond acceptors (Lipinski definition) is 6. The highest BCUT2D eigenvalue weighted by Gasteiger charge is 2.37. The van der Waals surface area contributed by atoms with Crippen molar-refractivity contribution in [3.8, 4) is 0 Å². The Labute approximate surface area is 83.5 Å². The highest BCUT2D eigenvalue weighted by molar-refractivity contribution is 6.02. The molecule has 1 saturated heterocycles. The maximum absolute atomic E-state index is 11.2. The molecule has 9 nitrogen and oxygen atoms in total. The highest BCUT2D eigenvalue weighted by Crippen LogP contribution is 2.14. The van der Waals surface area contributed by atoms with Crippen LogP contribution in [0.4, 0.5) is 5.95 Å². The molecule has 0 unspecified atom stereocenters. The predicted molar refractivity (Wildman–Crippen MR) is 45.8 cm³/mol. The zero-order valence-corrected chi connectivity index (χ0v) is 7.57. The van der Waals surface area contributed by atoms with E-state index in [0.717, 1.165) is 4.80 Å². The number of β-lactam (4-membered cyclic amide) rings is 1. The first-order valence-electron chi connectivity index (χ1n) is 4.14. The van der Waals surface area contributed by atoms with E-state index in [-0.39, 0.29) is 18.4 Å². The van der Waals surface area contributed by atoms with Crippen molar-refractivity contribution in [1.29, 1.82) is 0 Å². The zero-order chi connectivity index (χ0) is 11.0. The molecule has 1 aliphatic rings. The fourth-order valence-corrected chi connectivity index (χ4v) is 1.16. The van der Waals surface area contributed by atoms with Gasteiger partial charge in [-0.1, -0.05) is 5.10 Å². The lowest BCUT2D eigenvalue weighted by atomic mass is 10.1. The molecule has 1 fully saturated rings. The summed E-state index contributed by atoms with van der Waals surface area (Å²) in [7, 11) is 0. The summed E-state index contributed by atoms with van der Waals surface area (Å²) < 4.78 is 0. The van der Waals surface area contributed by atoms with Gasteiger partial charge in [-0.15, -0.1) is 5.10 Å². The quantitative estimate of drug-likeness (QED) is 0.527. The van der Waals surface area contributed by atoms with Crippen LogP contribution in [-0.4, -0.2) is 49.8 Å². The molecule has 0 bridgehead atoms. The van der Waals surface area contributed by atoms with Gasteiger partial charge in [0.05, 0.1) is 6.54 Å². The van der Waals surface area contributed by atoms with E-state index in [9.17, 15) is 9.59 Å². The van der Waals surface area contributed by atoms with Crippen LogP contribution >= 0.6 is 0 Å². The molecule has 1 aromatic heterocycles. The van der Waals surface area contributed by atoms with E-state index in [2.05, 4.69) is 15.4 Å². The third kappa shape index (κ3) is 1.64. The highest BCUT2D eigenvalue weighted by atomic mass is 16.4. The second-order valence-corrected chi connectivity index (χ2v) is 3.07. The molecule has 0 radical (unpaired) electrons. The Balaban J connectivity index is 2.08.